The molecule has 0 radical (unpaired) electrons. The number of aromatic carboxylic acids is 1. The van der Waals surface area contributed by atoms with Gasteiger partial charge in [-0.1, -0.05) is 23.4 Å². The molecule has 10 nitrogen and oxygen atoms in total. The summed E-state index contributed by atoms with van der Waals surface area (Å²) in [6, 6.07) is 16.1. The molecule has 3 N–H and O–H groups in total. The highest BCUT2D eigenvalue weighted by Gasteiger charge is 2.22. The molecule has 0 aliphatic heterocycles. The van der Waals surface area contributed by atoms with Gasteiger partial charge in [0.25, 0.3) is 5.91 Å². The maximum atomic E-state index is 13.1. The monoisotopic (exact) mass is 470 g/mol. The van der Waals surface area contributed by atoms with E-state index >= 15 is 0 Å². The number of anilines is 2. The highest BCUT2D eigenvalue weighted by molar-refractivity contribution is 6.13. The lowest BCUT2D eigenvalue weighted by atomic mass is 10.00. The third-order valence-electron chi connectivity index (χ3n) is 5.16. The van der Waals surface area contributed by atoms with E-state index in [1.54, 1.807) is 36.4 Å². The van der Waals surface area contributed by atoms with Crippen molar-refractivity contribution in [1.82, 2.24) is 5.16 Å². The Balaban J connectivity index is 1.79. The number of hydrogen-bond acceptors (Lipinski definition) is 7. The molecule has 35 heavy (non-hydrogen) atoms. The van der Waals surface area contributed by atoms with Crippen LogP contribution in [0.4, 0.5) is 11.4 Å². The van der Waals surface area contributed by atoms with E-state index in [-0.39, 0.29) is 34.0 Å². The molecule has 0 aliphatic rings. The zero-order valence-corrected chi connectivity index (χ0v) is 18.6. The molecule has 0 fully saturated rings. The summed E-state index contributed by atoms with van der Waals surface area (Å²) >= 11 is 0. The molecule has 0 saturated carbocycles. The van der Waals surface area contributed by atoms with E-state index < -0.39 is 11.9 Å². The molecule has 0 atom stereocenters. The number of carboxylic acid groups (broad SMARTS) is 1. The summed E-state index contributed by atoms with van der Waals surface area (Å²) in [5.74, 6) is -1.83. The number of para-hydroxylation sites is 1. The third kappa shape index (κ3) is 4.51. The van der Waals surface area contributed by atoms with Crippen LogP contribution in [0.5, 0.6) is 5.75 Å². The topological polar surface area (TPSA) is 155 Å². The average Bonchev–Trinajstić information content (AvgIpc) is 3.26. The number of methoxy groups -OCH3 is 1. The van der Waals surface area contributed by atoms with Crippen molar-refractivity contribution in [3.63, 3.8) is 0 Å². The van der Waals surface area contributed by atoms with Gasteiger partial charge >= 0.3 is 5.97 Å². The zero-order valence-electron chi connectivity index (χ0n) is 18.6. The van der Waals surface area contributed by atoms with Gasteiger partial charge in [-0.3, -0.25) is 9.59 Å². The fourth-order valence-electron chi connectivity index (χ4n) is 3.61. The number of nitriles is 1. The van der Waals surface area contributed by atoms with Crippen LogP contribution in [0.25, 0.3) is 22.1 Å². The molecule has 2 amide bonds. The molecular formula is C25H18N4O6. The van der Waals surface area contributed by atoms with Gasteiger partial charge in [-0.15, -0.1) is 0 Å². The van der Waals surface area contributed by atoms with Crippen LogP contribution in [0.1, 0.15) is 33.3 Å². The second-order valence-electron chi connectivity index (χ2n) is 7.44. The van der Waals surface area contributed by atoms with Crippen LogP contribution in [0, 0.1) is 11.3 Å². The predicted octanol–water partition coefficient (Wildman–Crippen LogP) is 4.28. The Morgan fingerprint density at radius 2 is 1.80 bits per heavy atom. The lowest BCUT2D eigenvalue weighted by Gasteiger charge is -2.13. The molecule has 1 heterocycles. The Hall–Kier alpha value is -5.17. The fraction of sp³-hybridized carbons (Fsp3) is 0.0800. The number of carboxylic acids is 1. The Kier molecular flexibility index (Phi) is 6.16. The Morgan fingerprint density at radius 1 is 1.03 bits per heavy atom. The lowest BCUT2D eigenvalue weighted by Crippen LogP contribution is -2.15. The van der Waals surface area contributed by atoms with Gasteiger partial charge in [0.1, 0.15) is 5.75 Å². The van der Waals surface area contributed by atoms with E-state index in [0.717, 1.165) is 0 Å². The molecule has 1 aromatic heterocycles. The van der Waals surface area contributed by atoms with Crippen molar-refractivity contribution in [2.24, 2.45) is 0 Å². The molecule has 0 unspecified atom stereocenters. The fourth-order valence-corrected chi connectivity index (χ4v) is 3.61. The number of amides is 2. The summed E-state index contributed by atoms with van der Waals surface area (Å²) in [4.78, 5) is 36.3. The van der Waals surface area contributed by atoms with E-state index in [1.807, 2.05) is 6.07 Å². The summed E-state index contributed by atoms with van der Waals surface area (Å²) in [6.07, 6.45) is 0. The smallest absolute Gasteiger partial charge is 0.337 e. The summed E-state index contributed by atoms with van der Waals surface area (Å²) in [7, 11) is 1.48. The number of carbonyl (C=O) groups excluding carboxylic acids is 2. The molecular weight excluding hydrogens is 452 g/mol. The van der Waals surface area contributed by atoms with E-state index in [9.17, 15) is 19.5 Å². The molecule has 3 aromatic carbocycles. The average molecular weight is 470 g/mol. The Morgan fingerprint density at radius 3 is 2.49 bits per heavy atom. The molecule has 4 rings (SSSR count). The van der Waals surface area contributed by atoms with Gasteiger partial charge in [0.05, 0.1) is 35.4 Å². The minimum Gasteiger partial charge on any atom is -0.496 e. The van der Waals surface area contributed by atoms with Crippen molar-refractivity contribution >= 4 is 40.1 Å². The second kappa shape index (κ2) is 9.36. The number of benzene rings is 3. The van der Waals surface area contributed by atoms with Crippen molar-refractivity contribution in [2.75, 3.05) is 17.7 Å². The SMILES string of the molecule is COc1cc2onc(C(=O)Nc3ccc(C#N)cc3C(=O)O)c2cc1-c1ccccc1NC(C)=O. The van der Waals surface area contributed by atoms with Crippen molar-refractivity contribution in [2.45, 2.75) is 6.92 Å². The minimum absolute atomic E-state index is 0.00221. The Bertz CT molecular complexity index is 1530. The van der Waals surface area contributed by atoms with Crippen LogP contribution in [-0.2, 0) is 4.79 Å². The molecule has 4 aromatic rings. The van der Waals surface area contributed by atoms with Crippen LogP contribution < -0.4 is 15.4 Å². The number of rotatable bonds is 6. The van der Waals surface area contributed by atoms with Crippen molar-refractivity contribution < 1.29 is 28.8 Å². The van der Waals surface area contributed by atoms with Gasteiger partial charge in [-0.05, 0) is 30.3 Å². The quantitative estimate of drug-likeness (QED) is 0.377. The molecule has 0 saturated heterocycles. The van der Waals surface area contributed by atoms with Gasteiger partial charge in [0.15, 0.2) is 11.3 Å². The van der Waals surface area contributed by atoms with Crippen LogP contribution in [0.15, 0.2) is 59.1 Å². The zero-order chi connectivity index (χ0) is 25.1. The van der Waals surface area contributed by atoms with E-state index in [0.29, 0.717) is 28.0 Å². The molecule has 0 aliphatic carbocycles. The standard InChI is InChI=1S/C25H18N4O6/c1-13(30)27-19-6-4-3-5-15(19)16-10-18-22(11-21(16)34-2)35-29-23(18)24(31)28-20-8-7-14(12-26)9-17(20)25(32)33/h3-11H,1-2H3,(H,27,30)(H,28,31)(H,32,33). The highest BCUT2D eigenvalue weighted by Crippen LogP contribution is 2.39. The van der Waals surface area contributed by atoms with Crippen LogP contribution in [0.2, 0.25) is 0 Å². The van der Waals surface area contributed by atoms with Gasteiger partial charge in [-0.25, -0.2) is 4.79 Å². The molecule has 174 valence electrons. The summed E-state index contributed by atoms with van der Waals surface area (Å²) < 4.78 is 10.8. The first-order valence-electron chi connectivity index (χ1n) is 10.3. The summed E-state index contributed by atoms with van der Waals surface area (Å²) in [5, 5.41) is 28.0. The minimum atomic E-state index is -1.30. The van der Waals surface area contributed by atoms with Crippen molar-refractivity contribution in [3.05, 3.63) is 71.4 Å². The van der Waals surface area contributed by atoms with Crippen molar-refractivity contribution in [3.8, 4) is 22.9 Å². The number of hydrogen-bond donors (Lipinski definition) is 3. The van der Waals surface area contributed by atoms with Crippen LogP contribution in [0.3, 0.4) is 0 Å². The maximum Gasteiger partial charge on any atom is 0.337 e. The Labute approximate surface area is 198 Å². The van der Waals surface area contributed by atoms with Gasteiger partial charge < -0.3 is 25.0 Å². The number of carbonyl (C=O) groups is 3. The first-order chi connectivity index (χ1) is 16.8. The first kappa shape index (κ1) is 23.0. The predicted molar refractivity (Wildman–Crippen MR) is 126 cm³/mol. The van der Waals surface area contributed by atoms with Crippen molar-refractivity contribution in [1.29, 1.82) is 5.26 Å². The van der Waals surface area contributed by atoms with E-state index in [4.69, 9.17) is 14.5 Å². The summed E-state index contributed by atoms with van der Waals surface area (Å²) in [5.41, 5.74) is 1.86. The second-order valence-corrected chi connectivity index (χ2v) is 7.44. The van der Waals surface area contributed by atoms with E-state index in [2.05, 4.69) is 15.8 Å². The van der Waals surface area contributed by atoms with Crippen LogP contribution >= 0.6 is 0 Å². The van der Waals surface area contributed by atoms with Gasteiger partial charge in [0, 0.05) is 29.8 Å². The normalized spacial score (nSPS) is 10.4. The number of ether oxygens (including phenoxy) is 1. The first-order valence-corrected chi connectivity index (χ1v) is 10.3. The lowest BCUT2D eigenvalue weighted by molar-refractivity contribution is -0.114. The van der Waals surface area contributed by atoms with Crippen LogP contribution in [-0.4, -0.2) is 35.2 Å². The summed E-state index contributed by atoms with van der Waals surface area (Å²) in [6.45, 7) is 1.40. The molecule has 0 bridgehead atoms. The number of nitrogens with zero attached hydrogens (tertiary/aromatic N) is 2. The molecule has 0 spiro atoms. The van der Waals surface area contributed by atoms with Gasteiger partial charge in [0.2, 0.25) is 5.91 Å². The largest absolute Gasteiger partial charge is 0.496 e. The van der Waals surface area contributed by atoms with Gasteiger partial charge in [-0.2, -0.15) is 5.26 Å². The highest BCUT2D eigenvalue weighted by atomic mass is 16.5. The number of nitrogens with one attached hydrogen (secondary N) is 2. The van der Waals surface area contributed by atoms with E-state index in [1.165, 1.54) is 32.2 Å². The number of aromatic nitrogens is 1. The number of fused-ring (bicyclic) bond motifs is 1. The maximum absolute atomic E-state index is 13.1. The third-order valence-corrected chi connectivity index (χ3v) is 5.16. The molecule has 10 heteroatoms.